The second-order valence-electron chi connectivity index (χ2n) is 7.26. The highest BCUT2D eigenvalue weighted by Gasteiger charge is 2.38. The van der Waals surface area contributed by atoms with Crippen LogP contribution in [0.3, 0.4) is 0 Å². The number of ether oxygens (including phenoxy) is 1. The number of nitrogens with zero attached hydrogens (tertiary/aromatic N) is 2. The average Bonchev–Trinajstić information content (AvgIpc) is 3.18. The summed E-state index contributed by atoms with van der Waals surface area (Å²) in [6.07, 6.45) is 2.23. The van der Waals surface area contributed by atoms with E-state index in [1.807, 2.05) is 66.7 Å². The zero-order chi connectivity index (χ0) is 21.6. The van der Waals surface area contributed by atoms with Crippen LogP contribution in [0.4, 0.5) is 5.69 Å². The van der Waals surface area contributed by atoms with E-state index in [1.165, 1.54) is 0 Å². The summed E-state index contributed by atoms with van der Waals surface area (Å²) in [7, 11) is 0. The van der Waals surface area contributed by atoms with Crippen molar-refractivity contribution in [2.24, 2.45) is 5.92 Å². The monoisotopic (exact) mass is 479 g/mol. The Morgan fingerprint density at radius 2 is 1.97 bits per heavy atom. The van der Waals surface area contributed by atoms with Crippen molar-refractivity contribution in [2.75, 3.05) is 11.4 Å². The van der Waals surface area contributed by atoms with Crippen molar-refractivity contribution in [3.05, 3.63) is 88.7 Å². The van der Waals surface area contributed by atoms with E-state index in [-0.39, 0.29) is 11.8 Å². The Hall–Kier alpha value is -3.19. The topological polar surface area (TPSA) is 71.5 Å². The Labute approximate surface area is 189 Å². The molecular weight excluding hydrogens is 458 g/mol. The molecule has 1 aliphatic heterocycles. The number of halogens is 1. The fourth-order valence-electron chi connectivity index (χ4n) is 3.53. The van der Waals surface area contributed by atoms with Crippen LogP contribution in [0.15, 0.2) is 77.4 Å². The summed E-state index contributed by atoms with van der Waals surface area (Å²) in [6.45, 7) is 1.23. The van der Waals surface area contributed by atoms with Crippen LogP contribution in [0.1, 0.15) is 17.7 Å². The van der Waals surface area contributed by atoms with Crippen molar-refractivity contribution in [1.82, 2.24) is 10.3 Å². The zero-order valence-electron chi connectivity index (χ0n) is 16.8. The molecule has 2 aromatic carbocycles. The Morgan fingerprint density at radius 3 is 2.77 bits per heavy atom. The third-order valence-corrected chi connectivity index (χ3v) is 5.81. The summed E-state index contributed by atoms with van der Waals surface area (Å²) in [6, 6.07) is 20.8. The number of hydrogen-bond acceptors (Lipinski definition) is 4. The third-order valence-electron chi connectivity index (χ3n) is 5.14. The number of amides is 2. The Bertz CT molecular complexity index is 1070. The molecule has 1 N–H and O–H groups in total. The van der Waals surface area contributed by atoms with Gasteiger partial charge in [0.25, 0.3) is 0 Å². The molecule has 0 spiro atoms. The van der Waals surface area contributed by atoms with Crippen molar-refractivity contribution < 1.29 is 14.3 Å². The van der Waals surface area contributed by atoms with Gasteiger partial charge < -0.3 is 15.0 Å². The molecular formula is C24H22BrN3O3. The standard InChI is InChI=1S/C24H22BrN3O3/c25-21-9-1-2-10-22(21)28-13-11-20(24(28)30)23(29)27-15-17-6-5-8-19(14-17)31-16-18-7-3-4-12-26-18/h1-10,12,14,20H,11,13,15-16H2,(H,27,29). The molecule has 3 aromatic rings. The van der Waals surface area contributed by atoms with Gasteiger partial charge in [-0.1, -0.05) is 30.3 Å². The van der Waals surface area contributed by atoms with Crippen LogP contribution in [0.5, 0.6) is 5.75 Å². The number of hydrogen-bond donors (Lipinski definition) is 1. The minimum atomic E-state index is -0.671. The molecule has 2 amide bonds. The molecule has 0 radical (unpaired) electrons. The average molecular weight is 480 g/mol. The summed E-state index contributed by atoms with van der Waals surface area (Å²) in [5, 5.41) is 2.89. The molecule has 1 fully saturated rings. The highest BCUT2D eigenvalue weighted by atomic mass is 79.9. The van der Waals surface area contributed by atoms with E-state index < -0.39 is 5.92 Å². The lowest BCUT2D eigenvalue weighted by molar-refractivity contribution is -0.132. The van der Waals surface area contributed by atoms with E-state index in [0.29, 0.717) is 31.9 Å². The molecule has 1 aliphatic rings. The fourth-order valence-corrected chi connectivity index (χ4v) is 4.03. The summed E-state index contributed by atoms with van der Waals surface area (Å²) < 4.78 is 6.63. The molecule has 31 heavy (non-hydrogen) atoms. The first-order valence-corrected chi connectivity index (χ1v) is 10.9. The van der Waals surface area contributed by atoms with Crippen LogP contribution in [-0.4, -0.2) is 23.3 Å². The molecule has 6 nitrogen and oxygen atoms in total. The summed E-state index contributed by atoms with van der Waals surface area (Å²) in [4.78, 5) is 31.4. The fraction of sp³-hybridized carbons (Fsp3) is 0.208. The first-order valence-electron chi connectivity index (χ1n) is 10.1. The number of pyridine rings is 1. The number of carbonyl (C=O) groups excluding carboxylic acids is 2. The van der Waals surface area contributed by atoms with E-state index in [9.17, 15) is 9.59 Å². The number of anilines is 1. The summed E-state index contributed by atoms with van der Waals surface area (Å²) >= 11 is 3.48. The minimum Gasteiger partial charge on any atom is -0.487 e. The van der Waals surface area contributed by atoms with Gasteiger partial charge in [-0.25, -0.2) is 0 Å². The van der Waals surface area contributed by atoms with Gasteiger partial charge >= 0.3 is 0 Å². The van der Waals surface area contributed by atoms with Crippen molar-refractivity contribution in [2.45, 2.75) is 19.6 Å². The number of para-hydroxylation sites is 1. The largest absolute Gasteiger partial charge is 0.487 e. The van der Waals surface area contributed by atoms with Gasteiger partial charge in [0, 0.05) is 23.8 Å². The number of rotatable bonds is 7. The number of nitrogens with one attached hydrogen (secondary N) is 1. The number of carbonyl (C=O) groups is 2. The van der Waals surface area contributed by atoms with Gasteiger partial charge in [0.2, 0.25) is 11.8 Å². The molecule has 1 aromatic heterocycles. The normalized spacial score (nSPS) is 15.7. The molecule has 158 valence electrons. The van der Waals surface area contributed by atoms with Gasteiger partial charge in [0.1, 0.15) is 18.3 Å². The van der Waals surface area contributed by atoms with Gasteiger partial charge in [-0.3, -0.25) is 14.6 Å². The second-order valence-corrected chi connectivity index (χ2v) is 8.11. The lowest BCUT2D eigenvalue weighted by Crippen LogP contribution is -2.36. The predicted octanol–water partition coefficient (Wildman–Crippen LogP) is 4.09. The minimum absolute atomic E-state index is 0.170. The van der Waals surface area contributed by atoms with Gasteiger partial charge in [0.05, 0.1) is 11.4 Å². The van der Waals surface area contributed by atoms with Gasteiger partial charge in [-0.2, -0.15) is 0 Å². The van der Waals surface area contributed by atoms with Crippen LogP contribution in [0.25, 0.3) is 0 Å². The smallest absolute Gasteiger partial charge is 0.239 e. The molecule has 0 saturated carbocycles. The highest BCUT2D eigenvalue weighted by Crippen LogP contribution is 2.31. The maximum atomic E-state index is 12.8. The third kappa shape index (κ3) is 5.11. The van der Waals surface area contributed by atoms with Crippen LogP contribution < -0.4 is 15.0 Å². The molecule has 2 heterocycles. The first kappa shape index (κ1) is 21.1. The molecule has 1 saturated heterocycles. The summed E-state index contributed by atoms with van der Waals surface area (Å²) in [5.74, 6) is -0.388. The van der Waals surface area contributed by atoms with Gasteiger partial charge in [-0.15, -0.1) is 0 Å². The van der Waals surface area contributed by atoms with Crippen molar-refractivity contribution in [3.8, 4) is 5.75 Å². The maximum absolute atomic E-state index is 12.8. The van der Waals surface area contributed by atoms with E-state index in [1.54, 1.807) is 11.1 Å². The summed E-state index contributed by atoms with van der Waals surface area (Å²) in [5.41, 5.74) is 2.54. The Balaban J connectivity index is 1.33. The van der Waals surface area contributed by atoms with E-state index >= 15 is 0 Å². The van der Waals surface area contributed by atoms with Crippen molar-refractivity contribution in [3.63, 3.8) is 0 Å². The molecule has 0 aliphatic carbocycles. The van der Waals surface area contributed by atoms with Crippen LogP contribution in [0.2, 0.25) is 0 Å². The first-order chi connectivity index (χ1) is 15.1. The van der Waals surface area contributed by atoms with Crippen LogP contribution in [0, 0.1) is 5.92 Å². The Morgan fingerprint density at radius 1 is 1.13 bits per heavy atom. The molecule has 0 bridgehead atoms. The highest BCUT2D eigenvalue weighted by molar-refractivity contribution is 9.10. The quantitative estimate of drug-likeness (QED) is 0.518. The van der Waals surface area contributed by atoms with Crippen LogP contribution >= 0.6 is 15.9 Å². The SMILES string of the molecule is O=C(NCc1cccc(OCc2ccccn2)c1)C1CCN(c2ccccc2Br)C1=O. The van der Waals surface area contributed by atoms with Gasteiger partial charge in [0.15, 0.2) is 0 Å². The van der Waals surface area contributed by atoms with E-state index in [4.69, 9.17) is 4.74 Å². The van der Waals surface area contributed by atoms with E-state index in [0.717, 1.165) is 21.4 Å². The van der Waals surface area contributed by atoms with Crippen molar-refractivity contribution in [1.29, 1.82) is 0 Å². The lowest BCUT2D eigenvalue weighted by atomic mass is 10.1. The molecule has 4 rings (SSSR count). The Kier molecular flexibility index (Phi) is 6.62. The van der Waals surface area contributed by atoms with E-state index in [2.05, 4.69) is 26.2 Å². The lowest BCUT2D eigenvalue weighted by Gasteiger charge is -2.18. The maximum Gasteiger partial charge on any atom is 0.239 e. The number of benzene rings is 2. The van der Waals surface area contributed by atoms with Crippen LogP contribution in [-0.2, 0) is 22.7 Å². The zero-order valence-corrected chi connectivity index (χ0v) is 18.4. The molecule has 1 unspecified atom stereocenters. The van der Waals surface area contributed by atoms with Gasteiger partial charge in [-0.05, 0) is 64.3 Å². The predicted molar refractivity (Wildman–Crippen MR) is 121 cm³/mol. The van der Waals surface area contributed by atoms with Crippen molar-refractivity contribution >= 4 is 33.4 Å². The molecule has 1 atom stereocenters. The number of aromatic nitrogens is 1. The molecule has 7 heteroatoms. The second kappa shape index (κ2) is 9.75.